The summed E-state index contributed by atoms with van der Waals surface area (Å²) in [5.74, 6) is -1.09. The van der Waals surface area contributed by atoms with E-state index >= 15 is 0 Å². The van der Waals surface area contributed by atoms with Crippen LogP contribution in [0.3, 0.4) is 0 Å². The van der Waals surface area contributed by atoms with Crippen LogP contribution in [0.15, 0.2) is 46.4 Å². The molecule has 1 unspecified atom stereocenters. The van der Waals surface area contributed by atoms with Crippen LogP contribution < -0.4 is 0 Å². The van der Waals surface area contributed by atoms with Crippen LogP contribution in [0.1, 0.15) is 16.8 Å². The van der Waals surface area contributed by atoms with Gasteiger partial charge in [0.2, 0.25) is 0 Å². The minimum Gasteiger partial charge on any atom is -0.292 e. The van der Waals surface area contributed by atoms with Gasteiger partial charge in [-0.2, -0.15) is 16.8 Å². The van der Waals surface area contributed by atoms with Crippen molar-refractivity contribution in [2.45, 2.75) is 16.1 Å². The van der Waals surface area contributed by atoms with Gasteiger partial charge in [-0.3, -0.25) is 13.9 Å². The van der Waals surface area contributed by atoms with Gasteiger partial charge < -0.3 is 0 Å². The maximum atomic E-state index is 12.7. The second kappa shape index (κ2) is 6.25. The predicted molar refractivity (Wildman–Crippen MR) is 87.6 cm³/mol. The van der Waals surface area contributed by atoms with E-state index in [0.29, 0.717) is 0 Å². The highest BCUT2D eigenvalue weighted by Gasteiger charge is 2.48. The van der Waals surface area contributed by atoms with E-state index in [1.807, 2.05) is 0 Å². The Morgan fingerprint density at radius 1 is 1.12 bits per heavy atom. The number of ketones is 1. The Hall–Kier alpha value is -1.23. The fourth-order valence-electron chi connectivity index (χ4n) is 2.16. The van der Waals surface area contributed by atoms with Crippen molar-refractivity contribution in [2.24, 2.45) is 0 Å². The van der Waals surface area contributed by atoms with Gasteiger partial charge >= 0.3 is 0 Å². The molecule has 0 fully saturated rings. The Morgan fingerprint density at radius 2 is 1.75 bits per heavy atom. The summed E-state index contributed by atoms with van der Waals surface area (Å²) in [6.07, 6.45) is 2.85. The highest BCUT2D eigenvalue weighted by atomic mass is 35.5. The maximum absolute atomic E-state index is 12.7. The Bertz CT molecular complexity index is 978. The fourth-order valence-corrected chi connectivity index (χ4v) is 4.19. The van der Waals surface area contributed by atoms with E-state index in [2.05, 4.69) is 0 Å². The third-order valence-electron chi connectivity index (χ3n) is 3.43. The molecule has 0 aliphatic heterocycles. The largest absolute Gasteiger partial charge is 0.296 e. The first-order chi connectivity index (χ1) is 10.9. The van der Waals surface area contributed by atoms with E-state index in [-0.39, 0.29) is 15.6 Å². The lowest BCUT2D eigenvalue weighted by Gasteiger charge is -2.27. The summed E-state index contributed by atoms with van der Waals surface area (Å²) in [6, 6.07) is 2.84. The Labute approximate surface area is 148 Å². The molecule has 1 aromatic carbocycles. The molecule has 0 heterocycles. The Morgan fingerprint density at radius 3 is 2.21 bits per heavy atom. The third kappa shape index (κ3) is 3.41. The normalized spacial score (nSPS) is 21.4. The number of rotatable bonds is 4. The lowest BCUT2D eigenvalue weighted by Crippen LogP contribution is -2.45. The molecule has 2 rings (SSSR count). The second-order valence-electron chi connectivity index (χ2n) is 4.94. The zero-order valence-corrected chi connectivity index (χ0v) is 14.8. The van der Waals surface area contributed by atoms with E-state index in [1.54, 1.807) is 0 Å². The first-order valence-electron chi connectivity index (χ1n) is 6.22. The molecule has 130 valence electrons. The summed E-state index contributed by atoms with van der Waals surface area (Å²) < 4.78 is 62.4. The number of hydrogen-bond acceptors (Lipinski definition) is 5. The Balaban J connectivity index is 2.64. The maximum Gasteiger partial charge on any atom is 0.296 e. The highest BCUT2D eigenvalue weighted by Crippen LogP contribution is 2.34. The van der Waals surface area contributed by atoms with E-state index in [0.717, 1.165) is 30.4 Å². The van der Waals surface area contributed by atoms with Gasteiger partial charge in [0.15, 0.2) is 10.5 Å². The molecule has 1 aliphatic rings. The van der Waals surface area contributed by atoms with Gasteiger partial charge in [0.25, 0.3) is 20.2 Å². The van der Waals surface area contributed by atoms with Crippen molar-refractivity contribution in [3.8, 4) is 0 Å². The van der Waals surface area contributed by atoms with Gasteiger partial charge in [0, 0.05) is 17.0 Å². The average molecular weight is 413 g/mol. The number of Topliss-reactive ketones (excluding diaryl/α,β-unsaturated/α-hetero) is 1. The second-order valence-corrected chi connectivity index (χ2v) is 8.85. The molecule has 24 heavy (non-hydrogen) atoms. The predicted octanol–water partition coefficient (Wildman–Crippen LogP) is 2.48. The third-order valence-corrected chi connectivity index (χ3v) is 6.45. The number of hydrogen-bond donors (Lipinski definition) is 2. The summed E-state index contributed by atoms with van der Waals surface area (Å²) >= 11 is 11.4. The summed E-state index contributed by atoms with van der Waals surface area (Å²) in [5.41, 5.74) is -0.374. The van der Waals surface area contributed by atoms with Crippen molar-refractivity contribution < 1.29 is 30.7 Å². The zero-order chi connectivity index (χ0) is 18.3. The molecule has 7 nitrogen and oxygen atoms in total. The smallest absolute Gasteiger partial charge is 0.292 e. The number of carbonyl (C=O) groups excluding carboxylic acids is 1. The molecule has 0 radical (unpaired) electrons. The minimum atomic E-state index is -4.90. The van der Waals surface area contributed by atoms with Crippen molar-refractivity contribution >= 4 is 49.2 Å². The summed E-state index contributed by atoms with van der Waals surface area (Å²) in [4.78, 5) is 11.9. The number of carbonyl (C=O) groups is 1. The van der Waals surface area contributed by atoms with Crippen LogP contribution in [-0.2, 0) is 20.2 Å². The standard InChI is InChI=1S/C13H10Cl2O7S2/c14-9-3-5-13(6-4-9,24(20,21)22)12(16)8-1-2-10(15)11(7-8)23(17,18)19/h1-5,7H,6H2,(H,17,18,19)(H,20,21,22). The van der Waals surface area contributed by atoms with E-state index in [4.69, 9.17) is 27.8 Å². The molecule has 0 bridgehead atoms. The molecule has 0 aromatic heterocycles. The lowest BCUT2D eigenvalue weighted by molar-refractivity contribution is 0.0955. The molecule has 0 amide bonds. The van der Waals surface area contributed by atoms with Gasteiger partial charge in [0.05, 0.1) is 5.02 Å². The lowest BCUT2D eigenvalue weighted by atomic mass is 9.90. The number of allylic oxidation sites excluding steroid dienone is 3. The Kier molecular flexibility index (Phi) is 4.97. The van der Waals surface area contributed by atoms with Crippen LogP contribution in [0.2, 0.25) is 5.02 Å². The van der Waals surface area contributed by atoms with Gasteiger partial charge in [0.1, 0.15) is 4.90 Å². The van der Waals surface area contributed by atoms with Gasteiger partial charge in [-0.05, 0) is 24.3 Å². The summed E-state index contributed by atoms with van der Waals surface area (Å²) in [7, 11) is -9.63. The molecule has 2 N–H and O–H groups in total. The molecule has 1 atom stereocenters. The van der Waals surface area contributed by atoms with Crippen molar-refractivity contribution in [2.75, 3.05) is 0 Å². The van der Waals surface area contributed by atoms with Crippen molar-refractivity contribution in [1.82, 2.24) is 0 Å². The average Bonchev–Trinajstić information content (AvgIpc) is 2.45. The molecule has 0 saturated carbocycles. The molecule has 0 spiro atoms. The van der Waals surface area contributed by atoms with Crippen LogP contribution >= 0.6 is 23.2 Å². The van der Waals surface area contributed by atoms with Gasteiger partial charge in [-0.15, -0.1) is 0 Å². The number of halogens is 2. The van der Waals surface area contributed by atoms with Crippen molar-refractivity contribution in [3.63, 3.8) is 0 Å². The highest BCUT2D eigenvalue weighted by molar-refractivity contribution is 7.88. The first-order valence-corrected chi connectivity index (χ1v) is 9.86. The van der Waals surface area contributed by atoms with Crippen molar-refractivity contribution in [3.05, 3.63) is 52.0 Å². The molecule has 0 saturated heterocycles. The van der Waals surface area contributed by atoms with Crippen LogP contribution in [0.4, 0.5) is 0 Å². The van der Waals surface area contributed by atoms with Crippen LogP contribution in [-0.4, -0.2) is 36.5 Å². The fraction of sp³-hybridized carbons (Fsp3) is 0.154. The molecular weight excluding hydrogens is 403 g/mol. The van der Waals surface area contributed by atoms with Gasteiger partial charge in [-0.25, -0.2) is 0 Å². The molecular formula is C13H10Cl2O7S2. The van der Waals surface area contributed by atoms with Gasteiger partial charge in [-0.1, -0.05) is 35.4 Å². The topological polar surface area (TPSA) is 126 Å². The molecule has 1 aromatic rings. The minimum absolute atomic E-state index is 0.178. The quantitative estimate of drug-likeness (QED) is 0.574. The summed E-state index contributed by atoms with van der Waals surface area (Å²) in [5, 5.41) is -0.172. The summed E-state index contributed by atoms with van der Waals surface area (Å²) in [6.45, 7) is 0. The SMILES string of the molecule is O=C(c1ccc(Cl)c(S(=O)(=O)O)c1)C1(S(=O)(=O)O)C=CC(Cl)=CC1. The zero-order valence-electron chi connectivity index (χ0n) is 11.7. The monoisotopic (exact) mass is 412 g/mol. The van der Waals surface area contributed by atoms with Crippen LogP contribution in [0.25, 0.3) is 0 Å². The number of benzene rings is 1. The van der Waals surface area contributed by atoms with E-state index < -0.39 is 42.1 Å². The van der Waals surface area contributed by atoms with E-state index in [1.165, 1.54) is 6.08 Å². The molecule has 1 aliphatic carbocycles. The van der Waals surface area contributed by atoms with Crippen molar-refractivity contribution in [1.29, 1.82) is 0 Å². The molecule has 11 heteroatoms. The van der Waals surface area contributed by atoms with Crippen LogP contribution in [0.5, 0.6) is 0 Å². The van der Waals surface area contributed by atoms with Crippen LogP contribution in [0, 0.1) is 0 Å². The van der Waals surface area contributed by atoms with E-state index in [9.17, 15) is 26.2 Å². The first kappa shape index (κ1) is 19.1.